The van der Waals surface area contributed by atoms with Gasteiger partial charge in [-0.3, -0.25) is 9.00 Å². The first kappa shape index (κ1) is 13.3. The van der Waals surface area contributed by atoms with Gasteiger partial charge in [0.2, 0.25) is 5.91 Å². The van der Waals surface area contributed by atoms with Crippen molar-refractivity contribution >= 4 is 16.7 Å². The Morgan fingerprint density at radius 3 is 3.06 bits per heavy atom. The van der Waals surface area contributed by atoms with Crippen LogP contribution in [0.5, 0.6) is 0 Å². The van der Waals surface area contributed by atoms with Crippen LogP contribution >= 0.6 is 0 Å². The van der Waals surface area contributed by atoms with Gasteiger partial charge in [-0.05, 0) is 25.5 Å². The summed E-state index contributed by atoms with van der Waals surface area (Å²) < 4.78 is 22.4. The average molecular weight is 271 g/mol. The first-order valence-electron chi connectivity index (χ1n) is 5.94. The van der Waals surface area contributed by atoms with Crippen molar-refractivity contribution in [1.29, 1.82) is 0 Å². The number of rotatable bonds is 5. The van der Waals surface area contributed by atoms with Crippen LogP contribution in [-0.4, -0.2) is 33.8 Å². The molecule has 0 aromatic carbocycles. The van der Waals surface area contributed by atoms with Crippen molar-refractivity contribution in [3.05, 3.63) is 24.2 Å². The Morgan fingerprint density at radius 2 is 2.44 bits per heavy atom. The van der Waals surface area contributed by atoms with Gasteiger partial charge in [-0.1, -0.05) is 0 Å². The van der Waals surface area contributed by atoms with E-state index < -0.39 is 10.8 Å². The van der Waals surface area contributed by atoms with E-state index in [1.54, 1.807) is 18.4 Å². The van der Waals surface area contributed by atoms with Crippen molar-refractivity contribution in [2.75, 3.05) is 12.4 Å². The summed E-state index contributed by atoms with van der Waals surface area (Å²) in [4.78, 5) is 11.6. The standard InChI is InChI=1S/C12H17NO4S/c1-9-11(4-6-16-9)18(15)8-12(14)13-7-10-3-2-5-17-10/h2-3,5,9,11H,4,6-8H2,1H3,(H,13,14)/t9-,11+,18+/m1/s1. The Balaban J connectivity index is 1.75. The molecule has 1 N–H and O–H groups in total. The molecule has 0 spiro atoms. The highest BCUT2D eigenvalue weighted by molar-refractivity contribution is 7.86. The zero-order chi connectivity index (χ0) is 13.0. The van der Waals surface area contributed by atoms with Crippen LogP contribution in [0.1, 0.15) is 19.1 Å². The molecule has 6 heteroatoms. The Labute approximate surface area is 108 Å². The molecule has 100 valence electrons. The smallest absolute Gasteiger partial charge is 0.233 e. The summed E-state index contributed by atoms with van der Waals surface area (Å²) in [6, 6.07) is 3.54. The fourth-order valence-electron chi connectivity index (χ4n) is 1.94. The SMILES string of the molecule is C[C@H]1OCC[C@@H]1[S@@](=O)CC(=O)NCc1ccco1. The minimum absolute atomic E-state index is 0.0243. The first-order chi connectivity index (χ1) is 8.66. The molecular weight excluding hydrogens is 254 g/mol. The van der Waals surface area contributed by atoms with E-state index >= 15 is 0 Å². The highest BCUT2D eigenvalue weighted by atomic mass is 32.2. The quantitative estimate of drug-likeness (QED) is 0.861. The van der Waals surface area contributed by atoms with Crippen molar-refractivity contribution in [3.8, 4) is 0 Å². The van der Waals surface area contributed by atoms with Crippen LogP contribution in [0, 0.1) is 0 Å². The minimum atomic E-state index is -1.17. The normalized spacial score (nSPS) is 24.9. The Kier molecular flexibility index (Phi) is 4.54. The predicted octanol–water partition coefficient (Wildman–Crippen LogP) is 0.822. The van der Waals surface area contributed by atoms with Crippen LogP contribution in [0.15, 0.2) is 22.8 Å². The van der Waals surface area contributed by atoms with Crippen molar-refractivity contribution < 1.29 is 18.2 Å². The summed E-state index contributed by atoms with van der Waals surface area (Å²) in [6.45, 7) is 2.86. The van der Waals surface area contributed by atoms with E-state index in [2.05, 4.69) is 5.32 Å². The summed E-state index contributed by atoms with van der Waals surface area (Å²) in [5.41, 5.74) is 0. The van der Waals surface area contributed by atoms with Gasteiger partial charge in [0, 0.05) is 17.4 Å². The second-order valence-corrected chi connectivity index (χ2v) is 5.94. The van der Waals surface area contributed by atoms with Gasteiger partial charge in [0.15, 0.2) is 0 Å². The van der Waals surface area contributed by atoms with E-state index in [0.717, 1.165) is 6.42 Å². The van der Waals surface area contributed by atoms with Crippen molar-refractivity contribution in [2.45, 2.75) is 31.2 Å². The number of hydrogen-bond donors (Lipinski definition) is 1. The zero-order valence-electron chi connectivity index (χ0n) is 10.3. The lowest BCUT2D eigenvalue weighted by molar-refractivity contribution is -0.118. The molecule has 1 amide bonds. The molecule has 0 saturated carbocycles. The largest absolute Gasteiger partial charge is 0.467 e. The summed E-state index contributed by atoms with van der Waals surface area (Å²) in [5.74, 6) is 0.495. The van der Waals surface area contributed by atoms with Crippen LogP contribution < -0.4 is 5.32 Å². The molecule has 2 rings (SSSR count). The zero-order valence-corrected chi connectivity index (χ0v) is 11.1. The molecule has 1 aromatic rings. The van der Waals surface area contributed by atoms with E-state index in [1.807, 2.05) is 6.92 Å². The van der Waals surface area contributed by atoms with E-state index in [1.165, 1.54) is 0 Å². The third-order valence-corrected chi connectivity index (χ3v) is 4.80. The molecule has 0 radical (unpaired) electrons. The van der Waals surface area contributed by atoms with Crippen molar-refractivity contribution in [1.82, 2.24) is 5.32 Å². The van der Waals surface area contributed by atoms with Crippen LogP contribution in [0.4, 0.5) is 0 Å². The Hall–Kier alpha value is -1.14. The number of hydrogen-bond acceptors (Lipinski definition) is 4. The van der Waals surface area contributed by atoms with Crippen LogP contribution in [0.2, 0.25) is 0 Å². The first-order valence-corrected chi connectivity index (χ1v) is 7.33. The highest BCUT2D eigenvalue weighted by Crippen LogP contribution is 2.18. The number of furan rings is 1. The third-order valence-electron chi connectivity index (χ3n) is 2.96. The van der Waals surface area contributed by atoms with Gasteiger partial charge in [0.05, 0.1) is 24.2 Å². The lowest BCUT2D eigenvalue weighted by Crippen LogP contribution is -2.33. The summed E-state index contributed by atoms with van der Waals surface area (Å²) >= 11 is 0. The van der Waals surface area contributed by atoms with Gasteiger partial charge in [-0.25, -0.2) is 0 Å². The van der Waals surface area contributed by atoms with Crippen LogP contribution in [0.3, 0.4) is 0 Å². The highest BCUT2D eigenvalue weighted by Gasteiger charge is 2.30. The molecule has 1 saturated heterocycles. The minimum Gasteiger partial charge on any atom is -0.467 e. The lowest BCUT2D eigenvalue weighted by atomic mass is 10.3. The molecule has 0 bridgehead atoms. The maximum absolute atomic E-state index is 12.0. The van der Waals surface area contributed by atoms with E-state index in [4.69, 9.17) is 9.15 Å². The fourth-order valence-corrected chi connectivity index (χ4v) is 3.38. The molecule has 3 atom stereocenters. The summed E-state index contributed by atoms with van der Waals surface area (Å²) in [5, 5.41) is 2.66. The molecular formula is C12H17NO4S. The van der Waals surface area contributed by atoms with Gasteiger partial charge >= 0.3 is 0 Å². The van der Waals surface area contributed by atoms with Gasteiger partial charge in [0.1, 0.15) is 11.5 Å². The number of amides is 1. The average Bonchev–Trinajstić information content (AvgIpc) is 2.97. The Bertz CT molecular complexity index is 418. The van der Waals surface area contributed by atoms with Gasteiger partial charge < -0.3 is 14.5 Å². The fraction of sp³-hybridized carbons (Fsp3) is 0.583. The molecule has 0 aliphatic carbocycles. The monoisotopic (exact) mass is 271 g/mol. The summed E-state index contributed by atoms with van der Waals surface area (Å²) in [6.07, 6.45) is 2.29. The van der Waals surface area contributed by atoms with Gasteiger partial charge in [-0.15, -0.1) is 0 Å². The molecule has 1 fully saturated rings. The molecule has 18 heavy (non-hydrogen) atoms. The van der Waals surface area contributed by atoms with E-state index in [9.17, 15) is 9.00 Å². The molecule has 1 aliphatic rings. The second kappa shape index (κ2) is 6.15. The van der Waals surface area contributed by atoms with Crippen molar-refractivity contribution in [2.24, 2.45) is 0 Å². The Morgan fingerprint density at radius 1 is 1.61 bits per heavy atom. The number of carbonyl (C=O) groups is 1. The number of nitrogens with one attached hydrogen (secondary N) is 1. The predicted molar refractivity (Wildman–Crippen MR) is 67.4 cm³/mol. The maximum atomic E-state index is 12.0. The molecule has 5 nitrogen and oxygen atoms in total. The second-order valence-electron chi connectivity index (χ2n) is 4.28. The van der Waals surface area contributed by atoms with Crippen LogP contribution in [-0.2, 0) is 26.9 Å². The molecule has 0 unspecified atom stereocenters. The topological polar surface area (TPSA) is 68.5 Å². The lowest BCUT2D eigenvalue weighted by Gasteiger charge is -2.13. The van der Waals surface area contributed by atoms with Gasteiger partial charge in [-0.2, -0.15) is 0 Å². The molecule has 2 heterocycles. The third kappa shape index (κ3) is 3.43. The molecule has 1 aliphatic heterocycles. The van der Waals surface area contributed by atoms with Crippen LogP contribution in [0.25, 0.3) is 0 Å². The van der Waals surface area contributed by atoms with E-state index in [0.29, 0.717) is 18.9 Å². The van der Waals surface area contributed by atoms with Crippen molar-refractivity contribution in [3.63, 3.8) is 0 Å². The summed E-state index contributed by atoms with van der Waals surface area (Å²) in [7, 11) is -1.17. The maximum Gasteiger partial charge on any atom is 0.233 e. The number of carbonyl (C=O) groups excluding carboxylic acids is 1. The molecule has 1 aromatic heterocycles. The number of ether oxygens (including phenoxy) is 1. The van der Waals surface area contributed by atoms with Gasteiger partial charge in [0.25, 0.3) is 0 Å². The van der Waals surface area contributed by atoms with E-state index in [-0.39, 0.29) is 23.0 Å².